The topological polar surface area (TPSA) is 12.4 Å². The molecule has 0 aromatic rings. The molecule has 1 rings (SSSR count). The molecule has 2 heteroatoms. The third kappa shape index (κ3) is 2.05. The molecule has 0 atom stereocenters. The van der Waals surface area contributed by atoms with Gasteiger partial charge in [-0.3, -0.25) is 4.99 Å². The van der Waals surface area contributed by atoms with Crippen molar-refractivity contribution in [2.45, 2.75) is 0 Å². The highest BCUT2D eigenvalue weighted by molar-refractivity contribution is 9.11. The van der Waals surface area contributed by atoms with Crippen molar-refractivity contribution in [2.24, 2.45) is 4.99 Å². The van der Waals surface area contributed by atoms with E-state index in [2.05, 4.69) is 27.5 Å². The fourth-order valence-electron chi connectivity index (χ4n) is 0.989. The predicted molar refractivity (Wildman–Crippen MR) is 57.8 cm³/mol. The van der Waals surface area contributed by atoms with Crippen LogP contribution in [0.4, 0.5) is 0 Å². The van der Waals surface area contributed by atoms with Crippen LogP contribution in [0.1, 0.15) is 0 Å². The van der Waals surface area contributed by atoms with Crippen molar-refractivity contribution in [1.82, 2.24) is 0 Å². The lowest BCUT2D eigenvalue weighted by Crippen LogP contribution is -2.00. The molecule has 0 N–H and O–H groups in total. The van der Waals surface area contributed by atoms with Gasteiger partial charge >= 0.3 is 0 Å². The van der Waals surface area contributed by atoms with E-state index in [9.17, 15) is 0 Å². The van der Waals surface area contributed by atoms with Gasteiger partial charge in [-0.05, 0) is 18.2 Å². The lowest BCUT2D eigenvalue weighted by atomic mass is 10.1. The fourth-order valence-corrected chi connectivity index (χ4v) is 1.37. The molecule has 62 valence electrons. The molecule has 0 aromatic carbocycles. The zero-order valence-electron chi connectivity index (χ0n) is 6.92. The van der Waals surface area contributed by atoms with Gasteiger partial charge in [0.25, 0.3) is 0 Å². The van der Waals surface area contributed by atoms with Crippen molar-refractivity contribution in [1.29, 1.82) is 0 Å². The standard InChI is InChI=1S/C10H10BrN/c1-3-4-8-7-9(11)5-6-10(8)12-2/h3-7H,1H2,2H3/b8-4-,12-10?. The van der Waals surface area contributed by atoms with Crippen LogP contribution in [0.25, 0.3) is 0 Å². The highest BCUT2D eigenvalue weighted by atomic mass is 79.9. The van der Waals surface area contributed by atoms with E-state index in [4.69, 9.17) is 0 Å². The van der Waals surface area contributed by atoms with Crippen molar-refractivity contribution in [3.8, 4) is 0 Å². The summed E-state index contributed by atoms with van der Waals surface area (Å²) in [5.41, 5.74) is 2.07. The van der Waals surface area contributed by atoms with Crippen LogP contribution in [-0.2, 0) is 0 Å². The van der Waals surface area contributed by atoms with E-state index in [1.165, 1.54) is 0 Å². The molecule has 0 saturated heterocycles. The predicted octanol–water partition coefficient (Wildman–Crippen LogP) is 3.02. The van der Waals surface area contributed by atoms with Gasteiger partial charge < -0.3 is 0 Å². The maximum absolute atomic E-state index is 4.13. The molecule has 0 unspecified atom stereocenters. The second-order valence-electron chi connectivity index (χ2n) is 2.33. The average molecular weight is 224 g/mol. The summed E-state index contributed by atoms with van der Waals surface area (Å²) >= 11 is 3.40. The molecule has 0 heterocycles. The molecule has 0 spiro atoms. The van der Waals surface area contributed by atoms with E-state index in [1.54, 1.807) is 13.1 Å². The Bertz CT molecular complexity index is 306. The second-order valence-corrected chi connectivity index (χ2v) is 3.24. The van der Waals surface area contributed by atoms with Gasteiger partial charge in [0.15, 0.2) is 0 Å². The highest BCUT2D eigenvalue weighted by Crippen LogP contribution is 2.18. The maximum Gasteiger partial charge on any atom is 0.0643 e. The first-order valence-electron chi connectivity index (χ1n) is 3.63. The molecule has 0 bridgehead atoms. The third-order valence-electron chi connectivity index (χ3n) is 1.53. The normalized spacial score (nSPS) is 23.0. The molecule has 0 fully saturated rings. The molecule has 1 aliphatic rings. The molecular formula is C10H10BrN. The molecule has 0 radical (unpaired) electrons. The van der Waals surface area contributed by atoms with Crippen LogP contribution in [0.3, 0.4) is 0 Å². The Labute approximate surface area is 81.0 Å². The zero-order valence-corrected chi connectivity index (χ0v) is 8.51. The van der Waals surface area contributed by atoms with Gasteiger partial charge in [0.1, 0.15) is 0 Å². The minimum absolute atomic E-state index is 0.984. The number of hydrogen-bond acceptors (Lipinski definition) is 1. The van der Waals surface area contributed by atoms with Crippen molar-refractivity contribution < 1.29 is 0 Å². The van der Waals surface area contributed by atoms with Crippen LogP contribution < -0.4 is 0 Å². The summed E-state index contributed by atoms with van der Waals surface area (Å²) < 4.78 is 1.06. The number of aliphatic imine (C=N–C) groups is 1. The minimum Gasteiger partial charge on any atom is -0.288 e. The molecule has 0 saturated carbocycles. The van der Waals surface area contributed by atoms with Crippen LogP contribution in [0.15, 0.2) is 52.0 Å². The van der Waals surface area contributed by atoms with E-state index in [0.717, 1.165) is 15.8 Å². The Balaban J connectivity index is 3.05. The molecule has 0 aliphatic heterocycles. The first-order chi connectivity index (χ1) is 5.77. The monoisotopic (exact) mass is 223 g/mol. The van der Waals surface area contributed by atoms with Gasteiger partial charge in [0.2, 0.25) is 0 Å². The van der Waals surface area contributed by atoms with Gasteiger partial charge in [-0.2, -0.15) is 0 Å². The van der Waals surface area contributed by atoms with Crippen LogP contribution in [0, 0.1) is 0 Å². The van der Waals surface area contributed by atoms with Crippen molar-refractivity contribution >= 4 is 21.6 Å². The van der Waals surface area contributed by atoms with Crippen LogP contribution >= 0.6 is 15.9 Å². The number of halogens is 1. The maximum atomic E-state index is 4.13. The van der Waals surface area contributed by atoms with Gasteiger partial charge in [-0.1, -0.05) is 34.7 Å². The SMILES string of the molecule is C=C/C=C1/C=C(Br)C=CC1=NC. The Morgan fingerprint density at radius 1 is 1.50 bits per heavy atom. The van der Waals surface area contributed by atoms with E-state index in [1.807, 2.05) is 24.3 Å². The first-order valence-corrected chi connectivity index (χ1v) is 4.42. The zero-order chi connectivity index (χ0) is 8.97. The van der Waals surface area contributed by atoms with Gasteiger partial charge in [-0.15, -0.1) is 0 Å². The summed E-state index contributed by atoms with van der Waals surface area (Å²) in [5, 5.41) is 0. The summed E-state index contributed by atoms with van der Waals surface area (Å²) in [6, 6.07) is 0. The van der Waals surface area contributed by atoms with Crippen LogP contribution in [-0.4, -0.2) is 12.8 Å². The second kappa shape index (κ2) is 4.21. The van der Waals surface area contributed by atoms with E-state index in [0.29, 0.717) is 0 Å². The van der Waals surface area contributed by atoms with Gasteiger partial charge in [-0.25, -0.2) is 0 Å². The molecular weight excluding hydrogens is 214 g/mol. The largest absolute Gasteiger partial charge is 0.288 e. The minimum atomic E-state index is 0.984. The number of hydrogen-bond donors (Lipinski definition) is 0. The van der Waals surface area contributed by atoms with Crippen molar-refractivity contribution in [2.75, 3.05) is 7.05 Å². The van der Waals surface area contributed by atoms with Crippen LogP contribution in [0.5, 0.6) is 0 Å². The first kappa shape index (κ1) is 9.20. The summed E-state index contributed by atoms with van der Waals surface area (Å²) in [4.78, 5) is 4.13. The Morgan fingerprint density at radius 3 is 2.83 bits per heavy atom. The lowest BCUT2D eigenvalue weighted by Gasteiger charge is -2.06. The Hall–Kier alpha value is -0.890. The Morgan fingerprint density at radius 2 is 2.25 bits per heavy atom. The summed E-state index contributed by atoms with van der Waals surface area (Å²) in [6.45, 7) is 3.65. The van der Waals surface area contributed by atoms with E-state index in [-0.39, 0.29) is 0 Å². The molecule has 1 aliphatic carbocycles. The molecule has 0 aromatic heterocycles. The molecule has 0 amide bonds. The smallest absolute Gasteiger partial charge is 0.0643 e. The number of rotatable bonds is 1. The quantitative estimate of drug-likeness (QED) is 0.649. The summed E-state index contributed by atoms with van der Waals surface area (Å²) in [6.07, 6.45) is 9.66. The lowest BCUT2D eigenvalue weighted by molar-refractivity contribution is 1.43. The fraction of sp³-hybridized carbons (Fsp3) is 0.100. The van der Waals surface area contributed by atoms with E-state index < -0.39 is 0 Å². The number of allylic oxidation sites excluding steroid dienone is 7. The Kier molecular flexibility index (Phi) is 3.23. The van der Waals surface area contributed by atoms with Crippen molar-refractivity contribution in [3.63, 3.8) is 0 Å². The number of nitrogens with zero attached hydrogens (tertiary/aromatic N) is 1. The van der Waals surface area contributed by atoms with E-state index >= 15 is 0 Å². The molecule has 12 heavy (non-hydrogen) atoms. The average Bonchev–Trinajstić information content (AvgIpc) is 2.05. The van der Waals surface area contributed by atoms with Gasteiger partial charge in [0, 0.05) is 17.1 Å². The van der Waals surface area contributed by atoms with Crippen molar-refractivity contribution in [3.05, 3.63) is 47.0 Å². The van der Waals surface area contributed by atoms with Crippen LogP contribution in [0.2, 0.25) is 0 Å². The molecule has 1 nitrogen and oxygen atoms in total. The highest BCUT2D eigenvalue weighted by Gasteiger charge is 2.04. The third-order valence-corrected chi connectivity index (χ3v) is 2.02. The van der Waals surface area contributed by atoms with Gasteiger partial charge in [0.05, 0.1) is 5.71 Å². The summed E-state index contributed by atoms with van der Waals surface area (Å²) in [7, 11) is 1.78. The summed E-state index contributed by atoms with van der Waals surface area (Å²) in [5.74, 6) is 0.